The van der Waals surface area contributed by atoms with Gasteiger partial charge in [-0.1, -0.05) is 29.8 Å². The summed E-state index contributed by atoms with van der Waals surface area (Å²) in [5.41, 5.74) is 1.55. The van der Waals surface area contributed by atoms with E-state index in [-0.39, 0.29) is 0 Å². The van der Waals surface area contributed by atoms with E-state index in [1.807, 2.05) is 13.8 Å². The standard InChI is InChI=1S/C17H25NO4S/c1-14(2)10-8-9-11-15(3)18(23(4,20)21)22-17(19)16-12-6-5-7-13-16/h5-7,10,12-13,15H,8-9,11H2,1-4H3. The lowest BCUT2D eigenvalue weighted by Gasteiger charge is -2.25. The van der Waals surface area contributed by atoms with E-state index in [1.54, 1.807) is 37.3 Å². The zero-order chi connectivity index (χ0) is 17.5. The highest BCUT2D eigenvalue weighted by Gasteiger charge is 2.28. The maximum Gasteiger partial charge on any atom is 0.357 e. The summed E-state index contributed by atoms with van der Waals surface area (Å²) in [4.78, 5) is 17.2. The van der Waals surface area contributed by atoms with Crippen LogP contribution in [-0.4, -0.2) is 31.2 Å². The van der Waals surface area contributed by atoms with Crippen LogP contribution in [-0.2, 0) is 14.9 Å². The second-order valence-electron chi connectivity index (χ2n) is 5.82. The van der Waals surface area contributed by atoms with E-state index in [2.05, 4.69) is 6.08 Å². The van der Waals surface area contributed by atoms with Crippen LogP contribution in [0.2, 0.25) is 0 Å². The number of hydrogen-bond acceptors (Lipinski definition) is 4. The lowest BCUT2D eigenvalue weighted by molar-refractivity contribution is -0.0659. The molecule has 0 N–H and O–H groups in total. The fourth-order valence-corrected chi connectivity index (χ4v) is 3.06. The monoisotopic (exact) mass is 339 g/mol. The number of hydroxylamine groups is 1. The van der Waals surface area contributed by atoms with Crippen LogP contribution in [0, 0.1) is 0 Å². The number of allylic oxidation sites excluding steroid dienone is 2. The van der Waals surface area contributed by atoms with Gasteiger partial charge in [-0.15, -0.1) is 0 Å². The molecule has 1 aromatic carbocycles. The largest absolute Gasteiger partial charge is 0.357 e. The molecule has 0 aromatic heterocycles. The molecule has 1 rings (SSSR count). The maximum atomic E-state index is 12.1. The summed E-state index contributed by atoms with van der Waals surface area (Å²) >= 11 is 0. The second kappa shape index (κ2) is 8.84. The molecule has 0 bridgehead atoms. The van der Waals surface area contributed by atoms with Crippen LogP contribution in [0.4, 0.5) is 0 Å². The highest BCUT2D eigenvalue weighted by Crippen LogP contribution is 2.15. The van der Waals surface area contributed by atoms with Gasteiger partial charge in [0.05, 0.1) is 17.9 Å². The van der Waals surface area contributed by atoms with Gasteiger partial charge in [-0.2, -0.15) is 0 Å². The van der Waals surface area contributed by atoms with Gasteiger partial charge in [-0.25, -0.2) is 13.2 Å². The third-order valence-electron chi connectivity index (χ3n) is 3.25. The molecular formula is C17H25NO4S. The van der Waals surface area contributed by atoms with Gasteiger partial charge in [0, 0.05) is 0 Å². The summed E-state index contributed by atoms with van der Waals surface area (Å²) in [6, 6.07) is 7.93. The fourth-order valence-electron chi connectivity index (χ4n) is 2.10. The quantitative estimate of drug-likeness (QED) is 0.413. The van der Waals surface area contributed by atoms with E-state index in [9.17, 15) is 13.2 Å². The zero-order valence-corrected chi connectivity index (χ0v) is 15.0. The zero-order valence-electron chi connectivity index (χ0n) is 14.2. The summed E-state index contributed by atoms with van der Waals surface area (Å²) in [7, 11) is -3.65. The summed E-state index contributed by atoms with van der Waals surface area (Å²) in [5.74, 6) is -0.674. The van der Waals surface area contributed by atoms with Gasteiger partial charge in [-0.3, -0.25) is 0 Å². The number of carbonyl (C=O) groups excluding carboxylic acids is 1. The lowest BCUT2D eigenvalue weighted by atomic mass is 10.1. The third-order valence-corrected chi connectivity index (χ3v) is 4.34. The van der Waals surface area contributed by atoms with Crippen LogP contribution < -0.4 is 0 Å². The van der Waals surface area contributed by atoms with Crippen molar-refractivity contribution in [2.24, 2.45) is 0 Å². The van der Waals surface area contributed by atoms with Crippen LogP contribution in [0.15, 0.2) is 42.0 Å². The molecule has 0 heterocycles. The lowest BCUT2D eigenvalue weighted by Crippen LogP contribution is -2.39. The summed E-state index contributed by atoms with van der Waals surface area (Å²) in [6.45, 7) is 5.78. The minimum absolute atomic E-state index is 0.317. The Morgan fingerprint density at radius 2 is 1.87 bits per heavy atom. The predicted molar refractivity (Wildman–Crippen MR) is 91.3 cm³/mol. The summed E-state index contributed by atoms with van der Waals surface area (Å²) in [5, 5.41) is 0. The average molecular weight is 339 g/mol. The van der Waals surface area contributed by atoms with Crippen LogP contribution >= 0.6 is 0 Å². The van der Waals surface area contributed by atoms with Crippen molar-refractivity contribution < 1.29 is 18.0 Å². The number of unbranched alkanes of at least 4 members (excludes halogenated alkanes) is 1. The maximum absolute atomic E-state index is 12.1. The van der Waals surface area contributed by atoms with E-state index in [0.717, 1.165) is 23.6 Å². The van der Waals surface area contributed by atoms with Crippen molar-refractivity contribution in [3.63, 3.8) is 0 Å². The molecule has 0 radical (unpaired) electrons. The Labute approximate surface area is 139 Å². The SMILES string of the molecule is CC(C)=CCCCC(C)N(OC(=O)c1ccccc1)S(C)(=O)=O. The molecule has 5 nitrogen and oxygen atoms in total. The Balaban J connectivity index is 2.73. The second-order valence-corrected chi connectivity index (χ2v) is 7.65. The molecule has 0 aliphatic heterocycles. The van der Waals surface area contributed by atoms with Crippen LogP contribution in [0.1, 0.15) is 50.4 Å². The van der Waals surface area contributed by atoms with E-state index in [4.69, 9.17) is 4.84 Å². The highest BCUT2D eigenvalue weighted by atomic mass is 32.2. The number of sulfonamides is 1. The van der Waals surface area contributed by atoms with Crippen molar-refractivity contribution in [1.29, 1.82) is 0 Å². The number of hydrogen-bond donors (Lipinski definition) is 0. The molecule has 128 valence electrons. The van der Waals surface area contributed by atoms with Gasteiger partial charge in [-0.05, 0) is 56.6 Å². The molecular weight excluding hydrogens is 314 g/mol. The number of benzene rings is 1. The van der Waals surface area contributed by atoms with Crippen molar-refractivity contribution in [3.8, 4) is 0 Å². The summed E-state index contributed by atoms with van der Waals surface area (Å²) in [6.07, 6.45) is 5.45. The summed E-state index contributed by atoms with van der Waals surface area (Å²) < 4.78 is 24.6. The molecule has 6 heteroatoms. The minimum atomic E-state index is -3.65. The van der Waals surface area contributed by atoms with E-state index in [0.29, 0.717) is 12.0 Å². The van der Waals surface area contributed by atoms with Crippen molar-refractivity contribution >= 4 is 16.0 Å². The normalized spacial score (nSPS) is 12.7. The molecule has 1 unspecified atom stereocenters. The topological polar surface area (TPSA) is 63.7 Å². The van der Waals surface area contributed by atoms with Gasteiger partial charge in [0.25, 0.3) is 0 Å². The van der Waals surface area contributed by atoms with Crippen LogP contribution in [0.3, 0.4) is 0 Å². The first-order valence-corrected chi connectivity index (χ1v) is 9.46. The van der Waals surface area contributed by atoms with E-state index in [1.165, 1.54) is 5.57 Å². The molecule has 1 atom stereocenters. The molecule has 1 aromatic rings. The van der Waals surface area contributed by atoms with Gasteiger partial charge in [0.2, 0.25) is 10.0 Å². The first-order chi connectivity index (χ1) is 10.7. The van der Waals surface area contributed by atoms with Crippen molar-refractivity contribution in [3.05, 3.63) is 47.5 Å². The Morgan fingerprint density at radius 1 is 1.26 bits per heavy atom. The van der Waals surface area contributed by atoms with E-state index < -0.39 is 22.0 Å². The number of rotatable bonds is 8. The molecule has 0 spiro atoms. The Kier molecular flexibility index (Phi) is 7.45. The van der Waals surface area contributed by atoms with Crippen LogP contribution in [0.5, 0.6) is 0 Å². The number of nitrogens with zero attached hydrogens (tertiary/aromatic N) is 1. The Bertz CT molecular complexity index is 634. The first-order valence-electron chi connectivity index (χ1n) is 7.62. The van der Waals surface area contributed by atoms with Gasteiger partial charge < -0.3 is 4.84 Å². The molecule has 0 aliphatic carbocycles. The molecule has 23 heavy (non-hydrogen) atoms. The van der Waals surface area contributed by atoms with Gasteiger partial charge in [0.15, 0.2) is 0 Å². The van der Waals surface area contributed by atoms with Crippen molar-refractivity contribution in [1.82, 2.24) is 4.47 Å². The predicted octanol–water partition coefficient (Wildman–Crippen LogP) is 3.55. The molecule has 0 saturated carbocycles. The van der Waals surface area contributed by atoms with E-state index >= 15 is 0 Å². The number of carbonyl (C=O) groups is 1. The Morgan fingerprint density at radius 3 is 2.39 bits per heavy atom. The molecule has 0 fully saturated rings. The van der Waals surface area contributed by atoms with Gasteiger partial charge >= 0.3 is 5.97 Å². The third kappa shape index (κ3) is 6.97. The average Bonchev–Trinajstić information content (AvgIpc) is 2.48. The van der Waals surface area contributed by atoms with Gasteiger partial charge in [0.1, 0.15) is 0 Å². The fraction of sp³-hybridized carbons (Fsp3) is 0.471. The Hall–Kier alpha value is -1.66. The molecule has 0 saturated heterocycles. The first kappa shape index (κ1) is 19.4. The van der Waals surface area contributed by atoms with Crippen molar-refractivity contribution in [2.45, 2.75) is 46.1 Å². The molecule has 0 aliphatic rings. The van der Waals surface area contributed by atoms with Crippen molar-refractivity contribution in [2.75, 3.05) is 6.26 Å². The smallest absolute Gasteiger partial charge is 0.348 e. The van der Waals surface area contributed by atoms with Crippen LogP contribution in [0.25, 0.3) is 0 Å². The minimum Gasteiger partial charge on any atom is -0.348 e. The highest BCUT2D eigenvalue weighted by molar-refractivity contribution is 7.88. The molecule has 0 amide bonds.